The summed E-state index contributed by atoms with van der Waals surface area (Å²) in [4.78, 5) is 10.2. The summed E-state index contributed by atoms with van der Waals surface area (Å²) in [5, 5.41) is 15.3. The van der Waals surface area contributed by atoms with Gasteiger partial charge in [0.15, 0.2) is 0 Å². The van der Waals surface area contributed by atoms with E-state index in [1.165, 1.54) is 18.2 Å². The largest absolute Gasteiger partial charge is 0.269 e. The number of rotatable bonds is 3. The van der Waals surface area contributed by atoms with Crippen molar-refractivity contribution in [3.05, 3.63) is 54.9 Å². The highest BCUT2D eigenvalue weighted by molar-refractivity contribution is 14.1. The molecule has 5 nitrogen and oxygen atoms in total. The van der Waals surface area contributed by atoms with Crippen molar-refractivity contribution in [2.24, 2.45) is 0 Å². The minimum Gasteiger partial charge on any atom is -0.267 e. The molecule has 0 saturated heterocycles. The predicted molar refractivity (Wildman–Crippen MR) is 72.2 cm³/mol. The maximum Gasteiger partial charge on any atom is 0.269 e. The van der Waals surface area contributed by atoms with Crippen molar-refractivity contribution in [1.29, 1.82) is 0 Å². The summed E-state index contributed by atoms with van der Waals surface area (Å²) in [6.07, 6.45) is 3.56. The van der Waals surface area contributed by atoms with Crippen LogP contribution in [0, 0.1) is 13.7 Å². The Bertz CT molecular complexity index is 570. The summed E-state index contributed by atoms with van der Waals surface area (Å²) < 4.78 is 2.69. The number of aromatic nitrogens is 2. The van der Waals surface area contributed by atoms with Crippen LogP contribution in [-0.4, -0.2) is 14.7 Å². The van der Waals surface area contributed by atoms with Crippen molar-refractivity contribution < 1.29 is 4.92 Å². The second-order valence-corrected chi connectivity index (χ2v) is 5.04. The molecule has 0 fully saturated rings. The normalized spacial score (nSPS) is 10.5. The number of nitro groups is 1. The summed E-state index contributed by atoms with van der Waals surface area (Å²) in [6.45, 7) is 0.420. The molecule has 88 valence electrons. The topological polar surface area (TPSA) is 61.0 Å². The van der Waals surface area contributed by atoms with Crippen molar-refractivity contribution in [3.8, 4) is 0 Å². The molecule has 0 aliphatic carbocycles. The fraction of sp³-hybridized carbons (Fsp3) is 0.100. The van der Waals surface area contributed by atoms with Crippen LogP contribution >= 0.6 is 34.2 Å². The van der Waals surface area contributed by atoms with Gasteiger partial charge in [0.2, 0.25) is 0 Å². The molecule has 17 heavy (non-hydrogen) atoms. The van der Waals surface area contributed by atoms with Crippen molar-refractivity contribution in [3.63, 3.8) is 0 Å². The molecule has 0 atom stereocenters. The molecule has 7 heteroatoms. The quantitative estimate of drug-likeness (QED) is 0.478. The van der Waals surface area contributed by atoms with Gasteiger partial charge in [-0.1, -0.05) is 11.6 Å². The SMILES string of the molecule is O=[N+]([O-])c1ccc(Cl)c(Cn2cc(I)cn2)c1. The summed E-state index contributed by atoms with van der Waals surface area (Å²) >= 11 is 8.14. The smallest absolute Gasteiger partial charge is 0.267 e. The van der Waals surface area contributed by atoms with Crippen LogP contribution in [0.25, 0.3) is 0 Å². The molecule has 0 spiro atoms. The van der Waals surface area contributed by atoms with Gasteiger partial charge in [-0.25, -0.2) is 0 Å². The first-order chi connectivity index (χ1) is 8.06. The molecule has 1 aromatic heterocycles. The molecule has 0 N–H and O–H groups in total. The molecule has 1 aromatic carbocycles. The second-order valence-electron chi connectivity index (χ2n) is 3.39. The minimum absolute atomic E-state index is 0.0336. The van der Waals surface area contributed by atoms with E-state index in [-0.39, 0.29) is 5.69 Å². The second kappa shape index (κ2) is 5.01. The third-order valence-corrected chi connectivity index (χ3v) is 3.10. The van der Waals surface area contributed by atoms with E-state index in [1.54, 1.807) is 10.9 Å². The molecular formula is C10H7ClIN3O2. The number of halogens is 2. The average Bonchev–Trinajstić information content (AvgIpc) is 2.67. The lowest BCUT2D eigenvalue weighted by molar-refractivity contribution is -0.384. The van der Waals surface area contributed by atoms with Gasteiger partial charge in [-0.05, 0) is 34.2 Å². The fourth-order valence-electron chi connectivity index (χ4n) is 1.40. The lowest BCUT2D eigenvalue weighted by Crippen LogP contribution is -2.01. The van der Waals surface area contributed by atoms with E-state index >= 15 is 0 Å². The predicted octanol–water partition coefficient (Wildman–Crippen LogP) is 3.10. The first-order valence-electron chi connectivity index (χ1n) is 4.67. The zero-order valence-electron chi connectivity index (χ0n) is 8.51. The minimum atomic E-state index is -0.438. The summed E-state index contributed by atoms with van der Waals surface area (Å²) in [6, 6.07) is 4.39. The van der Waals surface area contributed by atoms with Crippen LogP contribution in [0.2, 0.25) is 5.02 Å². The van der Waals surface area contributed by atoms with Crippen LogP contribution < -0.4 is 0 Å². The van der Waals surface area contributed by atoms with E-state index in [2.05, 4.69) is 27.7 Å². The van der Waals surface area contributed by atoms with Gasteiger partial charge in [-0.3, -0.25) is 14.8 Å². The molecule has 0 saturated carbocycles. The highest BCUT2D eigenvalue weighted by atomic mass is 127. The monoisotopic (exact) mass is 363 g/mol. The lowest BCUT2D eigenvalue weighted by atomic mass is 10.2. The van der Waals surface area contributed by atoms with Gasteiger partial charge < -0.3 is 0 Å². The van der Waals surface area contributed by atoms with Gasteiger partial charge in [0.25, 0.3) is 5.69 Å². The zero-order valence-corrected chi connectivity index (χ0v) is 11.4. The summed E-state index contributed by atoms with van der Waals surface area (Å²) in [7, 11) is 0. The van der Waals surface area contributed by atoms with Crippen molar-refractivity contribution in [2.45, 2.75) is 6.54 Å². The van der Waals surface area contributed by atoms with Gasteiger partial charge in [0.05, 0.1) is 21.2 Å². The Hall–Kier alpha value is -1.15. The molecular weight excluding hydrogens is 356 g/mol. The third-order valence-electron chi connectivity index (χ3n) is 2.17. The fourth-order valence-corrected chi connectivity index (χ4v) is 2.02. The van der Waals surface area contributed by atoms with E-state index in [0.717, 1.165) is 3.57 Å². The van der Waals surface area contributed by atoms with E-state index in [1.807, 2.05) is 6.20 Å². The van der Waals surface area contributed by atoms with Crippen molar-refractivity contribution >= 4 is 39.9 Å². The van der Waals surface area contributed by atoms with Gasteiger partial charge >= 0.3 is 0 Å². The Morgan fingerprint density at radius 2 is 2.29 bits per heavy atom. The molecule has 0 aliphatic heterocycles. The van der Waals surface area contributed by atoms with Crippen molar-refractivity contribution in [2.75, 3.05) is 0 Å². The van der Waals surface area contributed by atoms with Crippen LogP contribution in [0.1, 0.15) is 5.56 Å². The van der Waals surface area contributed by atoms with E-state index in [9.17, 15) is 10.1 Å². The Labute approximate surface area is 116 Å². The molecule has 0 radical (unpaired) electrons. The molecule has 0 bridgehead atoms. The van der Waals surface area contributed by atoms with Crippen LogP contribution in [0.15, 0.2) is 30.6 Å². The molecule has 2 aromatic rings. The molecule has 1 heterocycles. The number of nitrogens with zero attached hydrogens (tertiary/aromatic N) is 3. The van der Waals surface area contributed by atoms with E-state index in [4.69, 9.17) is 11.6 Å². The molecule has 0 amide bonds. The lowest BCUT2D eigenvalue weighted by Gasteiger charge is -2.04. The molecule has 0 unspecified atom stereocenters. The number of hydrogen-bond donors (Lipinski definition) is 0. The van der Waals surface area contributed by atoms with Gasteiger partial charge in [0.1, 0.15) is 0 Å². The molecule has 2 rings (SSSR count). The Balaban J connectivity index is 2.31. The van der Waals surface area contributed by atoms with Crippen LogP contribution in [0.4, 0.5) is 5.69 Å². The third kappa shape index (κ3) is 2.95. The number of non-ortho nitro benzene ring substituents is 1. The standard InChI is InChI=1S/C10H7ClIN3O2/c11-10-2-1-9(15(16)17)3-7(10)5-14-6-8(12)4-13-14/h1-4,6H,5H2. The first-order valence-corrected chi connectivity index (χ1v) is 6.12. The Kier molecular flexibility index (Phi) is 3.63. The summed E-state index contributed by atoms with van der Waals surface area (Å²) in [5.74, 6) is 0. The number of nitro benzene ring substituents is 1. The Morgan fingerprint density at radius 1 is 1.53 bits per heavy atom. The van der Waals surface area contributed by atoms with Crippen molar-refractivity contribution in [1.82, 2.24) is 9.78 Å². The van der Waals surface area contributed by atoms with Gasteiger partial charge in [0, 0.05) is 23.4 Å². The first kappa shape index (κ1) is 12.3. The van der Waals surface area contributed by atoms with E-state index < -0.39 is 4.92 Å². The number of benzene rings is 1. The zero-order chi connectivity index (χ0) is 12.4. The average molecular weight is 364 g/mol. The Morgan fingerprint density at radius 3 is 2.88 bits per heavy atom. The maximum absolute atomic E-state index is 10.7. The highest BCUT2D eigenvalue weighted by Crippen LogP contribution is 2.22. The van der Waals surface area contributed by atoms with Gasteiger partial charge in [-0.15, -0.1) is 0 Å². The summed E-state index contributed by atoms with van der Waals surface area (Å²) in [5.41, 5.74) is 0.714. The van der Waals surface area contributed by atoms with Crippen LogP contribution in [-0.2, 0) is 6.54 Å². The van der Waals surface area contributed by atoms with Crippen LogP contribution in [0.3, 0.4) is 0 Å². The number of hydrogen-bond acceptors (Lipinski definition) is 3. The maximum atomic E-state index is 10.7. The van der Waals surface area contributed by atoms with Gasteiger partial charge in [-0.2, -0.15) is 5.10 Å². The highest BCUT2D eigenvalue weighted by Gasteiger charge is 2.10. The van der Waals surface area contributed by atoms with Crippen LogP contribution in [0.5, 0.6) is 0 Å². The molecule has 0 aliphatic rings. The van der Waals surface area contributed by atoms with E-state index in [0.29, 0.717) is 17.1 Å².